The summed E-state index contributed by atoms with van der Waals surface area (Å²) in [5, 5.41) is 1.92. The van der Waals surface area contributed by atoms with E-state index >= 15 is 0 Å². The van der Waals surface area contributed by atoms with E-state index in [1.165, 1.54) is 30.3 Å². The number of anilines is 1. The quantitative estimate of drug-likeness (QED) is 0.359. The van der Waals surface area contributed by atoms with Gasteiger partial charge in [-0.05, 0) is 42.2 Å². The van der Waals surface area contributed by atoms with Crippen LogP contribution in [0.15, 0.2) is 74.5 Å². The number of rotatable bonds is 8. The van der Waals surface area contributed by atoms with Crippen molar-refractivity contribution in [2.75, 3.05) is 5.32 Å². The first-order chi connectivity index (χ1) is 15.6. The summed E-state index contributed by atoms with van der Waals surface area (Å²) in [7, 11) is -4.06. The molecule has 33 heavy (non-hydrogen) atoms. The molecule has 7 nitrogen and oxygen atoms in total. The molecule has 1 heterocycles. The predicted octanol–water partition coefficient (Wildman–Crippen LogP) is 4.37. The van der Waals surface area contributed by atoms with Crippen molar-refractivity contribution in [1.82, 2.24) is 9.97 Å². The average molecular weight is 490 g/mol. The van der Waals surface area contributed by atoms with Crippen LogP contribution in [-0.4, -0.2) is 29.5 Å². The van der Waals surface area contributed by atoms with Crippen molar-refractivity contribution in [2.45, 2.75) is 53.3 Å². The van der Waals surface area contributed by atoms with Gasteiger partial charge in [-0.1, -0.05) is 56.8 Å². The molecule has 2 aromatic carbocycles. The number of aromatic nitrogens is 2. The monoisotopic (exact) mass is 489 g/mol. The molecule has 10 heteroatoms. The smallest absolute Gasteiger partial charge is 0.270 e. The predicted molar refractivity (Wildman–Crippen MR) is 126 cm³/mol. The van der Waals surface area contributed by atoms with E-state index in [-0.39, 0.29) is 21.7 Å². The van der Waals surface area contributed by atoms with Crippen molar-refractivity contribution < 1.29 is 17.6 Å². The van der Waals surface area contributed by atoms with E-state index in [1.54, 1.807) is 25.1 Å². The number of amides is 1. The third-order valence-electron chi connectivity index (χ3n) is 4.94. The molecule has 0 spiro atoms. The number of para-hydroxylation sites is 1. The van der Waals surface area contributed by atoms with E-state index in [0.717, 1.165) is 23.5 Å². The zero-order valence-corrected chi connectivity index (χ0v) is 20.0. The number of sulfone groups is 1. The van der Waals surface area contributed by atoms with Crippen LogP contribution in [0.3, 0.4) is 0 Å². The van der Waals surface area contributed by atoms with Crippen LogP contribution in [-0.2, 0) is 14.6 Å². The molecule has 0 saturated heterocycles. The Kier molecular flexibility index (Phi) is 7.70. The van der Waals surface area contributed by atoms with Gasteiger partial charge in [-0.3, -0.25) is 9.59 Å². The molecule has 0 saturated carbocycles. The molecule has 0 fully saturated rings. The maximum Gasteiger partial charge on any atom is 0.270 e. The maximum atomic E-state index is 13.8. The standard InChI is InChI=1S/C23H24FN3O4S2/c1-4-19(21(28)26-18-8-6-5-7-17(18)24)32-23-25-13-20(22(29)27-23)33(30,31)16-11-9-15(10-12-16)14(2)3/h5-14,19H,4H2,1-3H3,(H,26,28)(H,25,27,29). The van der Waals surface area contributed by atoms with E-state index in [1.807, 2.05) is 13.8 Å². The Morgan fingerprint density at radius 3 is 2.39 bits per heavy atom. The number of aromatic amines is 1. The van der Waals surface area contributed by atoms with Gasteiger partial charge < -0.3 is 10.3 Å². The second-order valence-electron chi connectivity index (χ2n) is 7.59. The minimum Gasteiger partial charge on any atom is -0.323 e. The number of halogens is 1. The average Bonchev–Trinajstić information content (AvgIpc) is 2.78. The summed E-state index contributed by atoms with van der Waals surface area (Å²) >= 11 is 0.960. The highest BCUT2D eigenvalue weighted by molar-refractivity contribution is 8.00. The van der Waals surface area contributed by atoms with E-state index in [0.29, 0.717) is 6.42 Å². The molecule has 174 valence electrons. The second kappa shape index (κ2) is 10.3. The van der Waals surface area contributed by atoms with Crippen LogP contribution in [0.25, 0.3) is 0 Å². The Labute approximate surface area is 195 Å². The highest BCUT2D eigenvalue weighted by atomic mass is 32.2. The fraction of sp³-hybridized carbons (Fsp3) is 0.261. The molecule has 0 aliphatic heterocycles. The number of hydrogen-bond donors (Lipinski definition) is 2. The molecule has 1 aromatic heterocycles. The van der Waals surface area contributed by atoms with Crippen molar-refractivity contribution in [1.29, 1.82) is 0 Å². The molecule has 1 unspecified atom stereocenters. The van der Waals surface area contributed by atoms with E-state index in [9.17, 15) is 22.4 Å². The lowest BCUT2D eigenvalue weighted by Gasteiger charge is -2.14. The molecule has 3 rings (SSSR count). The van der Waals surface area contributed by atoms with Crippen molar-refractivity contribution in [3.63, 3.8) is 0 Å². The third kappa shape index (κ3) is 5.69. The van der Waals surface area contributed by atoms with E-state index in [4.69, 9.17) is 0 Å². The fourth-order valence-electron chi connectivity index (χ4n) is 3.01. The van der Waals surface area contributed by atoms with Gasteiger partial charge in [-0.15, -0.1) is 0 Å². The van der Waals surface area contributed by atoms with Crippen LogP contribution in [0.2, 0.25) is 0 Å². The van der Waals surface area contributed by atoms with Crippen LogP contribution in [0.1, 0.15) is 38.7 Å². The topological polar surface area (TPSA) is 109 Å². The molecule has 0 bridgehead atoms. The van der Waals surface area contributed by atoms with Crippen LogP contribution < -0.4 is 10.9 Å². The highest BCUT2D eigenvalue weighted by Gasteiger charge is 2.24. The molecule has 0 radical (unpaired) electrons. The van der Waals surface area contributed by atoms with Crippen LogP contribution in [0.4, 0.5) is 10.1 Å². The van der Waals surface area contributed by atoms with Gasteiger partial charge in [0.2, 0.25) is 15.7 Å². The molecule has 1 atom stereocenters. The first-order valence-electron chi connectivity index (χ1n) is 10.3. The zero-order chi connectivity index (χ0) is 24.2. The van der Waals surface area contributed by atoms with Crippen LogP contribution in [0.5, 0.6) is 0 Å². The number of carbonyl (C=O) groups excluding carboxylic acids is 1. The molecule has 2 N–H and O–H groups in total. The number of nitrogens with zero attached hydrogens (tertiary/aromatic N) is 1. The summed E-state index contributed by atoms with van der Waals surface area (Å²) in [6.07, 6.45) is 1.37. The Morgan fingerprint density at radius 1 is 1.15 bits per heavy atom. The van der Waals surface area contributed by atoms with Gasteiger partial charge in [0.1, 0.15) is 5.82 Å². The van der Waals surface area contributed by atoms with Gasteiger partial charge >= 0.3 is 0 Å². The molecular weight excluding hydrogens is 465 g/mol. The first-order valence-corrected chi connectivity index (χ1v) is 12.7. The fourth-order valence-corrected chi connectivity index (χ4v) is 5.11. The summed E-state index contributed by atoms with van der Waals surface area (Å²) < 4.78 is 39.6. The third-order valence-corrected chi connectivity index (χ3v) is 7.96. The van der Waals surface area contributed by atoms with Crippen molar-refractivity contribution in [2.24, 2.45) is 0 Å². The number of thioether (sulfide) groups is 1. The summed E-state index contributed by atoms with van der Waals surface area (Å²) in [6.45, 7) is 5.75. The summed E-state index contributed by atoms with van der Waals surface area (Å²) in [6, 6.07) is 12.1. The first kappa shape index (κ1) is 24.7. The normalized spacial score (nSPS) is 12.5. The molecule has 1 amide bonds. The van der Waals surface area contributed by atoms with Crippen LogP contribution in [0, 0.1) is 5.82 Å². The molecule has 3 aromatic rings. The van der Waals surface area contributed by atoms with Gasteiger partial charge in [-0.2, -0.15) is 0 Å². The number of H-pyrrole nitrogens is 1. The van der Waals surface area contributed by atoms with Gasteiger partial charge in [-0.25, -0.2) is 17.8 Å². The largest absolute Gasteiger partial charge is 0.323 e. The lowest BCUT2D eigenvalue weighted by molar-refractivity contribution is -0.115. The molecular formula is C23H24FN3O4S2. The van der Waals surface area contributed by atoms with Gasteiger partial charge in [0, 0.05) is 0 Å². The van der Waals surface area contributed by atoms with Crippen LogP contribution >= 0.6 is 11.8 Å². The lowest BCUT2D eigenvalue weighted by Crippen LogP contribution is -2.26. The molecule has 0 aliphatic carbocycles. The summed E-state index contributed by atoms with van der Waals surface area (Å²) in [5.41, 5.74) is 0.199. The minimum atomic E-state index is -4.06. The number of nitrogens with one attached hydrogen (secondary N) is 2. The SMILES string of the molecule is CCC(Sc1ncc(S(=O)(=O)c2ccc(C(C)C)cc2)c(=O)[nH]1)C(=O)Nc1ccccc1F. The van der Waals surface area contributed by atoms with Gasteiger partial charge in [0.05, 0.1) is 22.0 Å². The van der Waals surface area contributed by atoms with Gasteiger partial charge in [0.15, 0.2) is 10.1 Å². The number of carbonyl (C=O) groups is 1. The summed E-state index contributed by atoms with van der Waals surface area (Å²) in [5.74, 6) is -0.782. The Bertz CT molecular complexity index is 1310. The van der Waals surface area contributed by atoms with Gasteiger partial charge in [0.25, 0.3) is 5.56 Å². The minimum absolute atomic E-state index is 0.00435. The maximum absolute atomic E-state index is 13.8. The zero-order valence-electron chi connectivity index (χ0n) is 18.3. The Hall–Kier alpha value is -2.98. The van der Waals surface area contributed by atoms with Crippen molar-refractivity contribution >= 4 is 33.2 Å². The number of hydrogen-bond acceptors (Lipinski definition) is 6. The Balaban J connectivity index is 1.79. The molecule has 0 aliphatic rings. The Morgan fingerprint density at radius 2 is 1.82 bits per heavy atom. The lowest BCUT2D eigenvalue weighted by atomic mass is 10.0. The van der Waals surface area contributed by atoms with Crippen molar-refractivity contribution in [3.05, 3.63) is 76.5 Å². The number of benzene rings is 2. The van der Waals surface area contributed by atoms with E-state index in [2.05, 4.69) is 15.3 Å². The van der Waals surface area contributed by atoms with Crippen molar-refractivity contribution in [3.8, 4) is 0 Å². The summed E-state index contributed by atoms with van der Waals surface area (Å²) in [4.78, 5) is 31.1. The second-order valence-corrected chi connectivity index (χ2v) is 10.7. The van der Waals surface area contributed by atoms with E-state index < -0.39 is 37.3 Å². The highest BCUT2D eigenvalue weighted by Crippen LogP contribution is 2.25.